The topological polar surface area (TPSA) is 70.3 Å². The van der Waals surface area contributed by atoms with Gasteiger partial charge in [0.2, 0.25) is 5.95 Å². The van der Waals surface area contributed by atoms with Gasteiger partial charge in [-0.15, -0.1) is 0 Å². The van der Waals surface area contributed by atoms with E-state index in [1.807, 2.05) is 6.07 Å². The molecule has 0 amide bonds. The molecule has 20 heavy (non-hydrogen) atoms. The third-order valence-electron chi connectivity index (χ3n) is 4.28. The van der Waals surface area contributed by atoms with Crippen molar-refractivity contribution in [1.82, 2.24) is 14.9 Å². The zero-order chi connectivity index (χ0) is 14.1. The molecule has 2 unspecified atom stereocenters. The fourth-order valence-corrected chi connectivity index (χ4v) is 3.37. The van der Waals surface area contributed by atoms with Gasteiger partial charge in [-0.25, -0.2) is 0 Å². The first-order chi connectivity index (χ1) is 9.65. The number of nitrogens with one attached hydrogen (secondary N) is 1. The van der Waals surface area contributed by atoms with Crippen LogP contribution in [0.15, 0.2) is 6.07 Å². The van der Waals surface area contributed by atoms with E-state index in [1.165, 1.54) is 13.1 Å². The standard InChI is InChI=1S/C14H24N6/c1-3-4-16-12-5-13(18-14(15)17-12)20-8-10-6-19(2)7-11(10)9-20/h5,10-11H,3-4,6-9H2,1-2H3,(H3,15,16,17,18). The van der Waals surface area contributed by atoms with E-state index < -0.39 is 0 Å². The van der Waals surface area contributed by atoms with Gasteiger partial charge >= 0.3 is 0 Å². The molecule has 0 saturated carbocycles. The Labute approximate surface area is 120 Å². The Morgan fingerprint density at radius 1 is 1.25 bits per heavy atom. The number of hydrogen-bond donors (Lipinski definition) is 2. The van der Waals surface area contributed by atoms with Crippen molar-refractivity contribution < 1.29 is 0 Å². The number of anilines is 3. The molecule has 2 aliphatic rings. The molecule has 0 aromatic carbocycles. The predicted molar refractivity (Wildman–Crippen MR) is 81.9 cm³/mol. The van der Waals surface area contributed by atoms with Crippen LogP contribution in [0.25, 0.3) is 0 Å². The molecule has 6 nitrogen and oxygen atoms in total. The van der Waals surface area contributed by atoms with Crippen molar-refractivity contribution in [1.29, 1.82) is 0 Å². The highest BCUT2D eigenvalue weighted by atomic mass is 15.3. The molecular formula is C14H24N6. The average Bonchev–Trinajstić information content (AvgIpc) is 2.92. The van der Waals surface area contributed by atoms with Crippen molar-refractivity contribution >= 4 is 17.6 Å². The van der Waals surface area contributed by atoms with Gasteiger partial charge in [-0.2, -0.15) is 9.97 Å². The molecule has 3 N–H and O–H groups in total. The molecule has 2 fully saturated rings. The molecule has 0 radical (unpaired) electrons. The highest BCUT2D eigenvalue weighted by Crippen LogP contribution is 2.33. The van der Waals surface area contributed by atoms with Gasteiger partial charge in [-0.05, 0) is 25.3 Å². The SMILES string of the molecule is CCCNc1cc(N2CC3CN(C)CC3C2)nc(N)n1. The lowest BCUT2D eigenvalue weighted by molar-refractivity contribution is 0.387. The highest BCUT2D eigenvalue weighted by Gasteiger charge is 2.39. The Morgan fingerprint density at radius 3 is 2.60 bits per heavy atom. The van der Waals surface area contributed by atoms with Crippen molar-refractivity contribution in [3.63, 3.8) is 0 Å². The van der Waals surface area contributed by atoms with Crippen molar-refractivity contribution in [2.24, 2.45) is 11.8 Å². The van der Waals surface area contributed by atoms with Gasteiger partial charge < -0.3 is 20.9 Å². The summed E-state index contributed by atoms with van der Waals surface area (Å²) in [7, 11) is 2.21. The van der Waals surface area contributed by atoms with E-state index in [0.29, 0.717) is 5.95 Å². The monoisotopic (exact) mass is 276 g/mol. The summed E-state index contributed by atoms with van der Waals surface area (Å²) in [6.45, 7) is 7.60. The van der Waals surface area contributed by atoms with E-state index in [0.717, 1.165) is 49.5 Å². The van der Waals surface area contributed by atoms with Crippen molar-refractivity contribution in [3.05, 3.63) is 6.07 Å². The Hall–Kier alpha value is -1.56. The smallest absolute Gasteiger partial charge is 0.223 e. The molecule has 1 aromatic rings. The molecule has 2 saturated heterocycles. The number of likely N-dealkylation sites (tertiary alicyclic amines) is 1. The van der Waals surface area contributed by atoms with Crippen LogP contribution in [0.5, 0.6) is 0 Å². The van der Waals surface area contributed by atoms with Gasteiger partial charge in [-0.1, -0.05) is 6.92 Å². The van der Waals surface area contributed by atoms with Crippen molar-refractivity contribution in [2.75, 3.05) is 55.7 Å². The Kier molecular flexibility index (Phi) is 3.65. The lowest BCUT2D eigenvalue weighted by atomic mass is 10.0. The number of hydrogen-bond acceptors (Lipinski definition) is 6. The van der Waals surface area contributed by atoms with Crippen LogP contribution in [0, 0.1) is 11.8 Å². The quantitative estimate of drug-likeness (QED) is 0.850. The zero-order valence-corrected chi connectivity index (χ0v) is 12.3. The summed E-state index contributed by atoms with van der Waals surface area (Å²) >= 11 is 0. The minimum atomic E-state index is 0.357. The minimum Gasteiger partial charge on any atom is -0.370 e. The van der Waals surface area contributed by atoms with E-state index in [9.17, 15) is 0 Å². The lowest BCUT2D eigenvalue weighted by Crippen LogP contribution is -2.27. The van der Waals surface area contributed by atoms with Crippen molar-refractivity contribution in [2.45, 2.75) is 13.3 Å². The van der Waals surface area contributed by atoms with E-state index in [1.54, 1.807) is 0 Å². The highest BCUT2D eigenvalue weighted by molar-refractivity contribution is 5.53. The molecule has 2 aliphatic heterocycles. The maximum atomic E-state index is 5.84. The summed E-state index contributed by atoms with van der Waals surface area (Å²) in [6.07, 6.45) is 1.07. The third kappa shape index (κ3) is 2.65. The van der Waals surface area contributed by atoms with Crippen LogP contribution in [-0.4, -0.2) is 54.6 Å². The second-order valence-corrected chi connectivity index (χ2v) is 6.04. The normalized spacial score (nSPS) is 26.0. The minimum absolute atomic E-state index is 0.357. The van der Waals surface area contributed by atoms with Gasteiger partial charge in [0.15, 0.2) is 0 Å². The fraction of sp³-hybridized carbons (Fsp3) is 0.714. The van der Waals surface area contributed by atoms with Gasteiger partial charge in [0.1, 0.15) is 11.6 Å². The number of rotatable bonds is 4. The molecule has 110 valence electrons. The summed E-state index contributed by atoms with van der Waals surface area (Å²) < 4.78 is 0. The van der Waals surface area contributed by atoms with Gasteiger partial charge in [0, 0.05) is 38.8 Å². The Bertz CT molecular complexity index is 463. The molecule has 3 heterocycles. The maximum Gasteiger partial charge on any atom is 0.223 e. The Morgan fingerprint density at radius 2 is 1.95 bits per heavy atom. The number of nitrogens with two attached hydrogens (primary N) is 1. The summed E-state index contributed by atoms with van der Waals surface area (Å²) in [6, 6.07) is 2.02. The molecule has 0 spiro atoms. The maximum absolute atomic E-state index is 5.84. The number of nitrogens with zero attached hydrogens (tertiary/aromatic N) is 4. The number of aromatic nitrogens is 2. The summed E-state index contributed by atoms with van der Waals surface area (Å²) in [5.41, 5.74) is 5.84. The van der Waals surface area contributed by atoms with Gasteiger partial charge in [-0.3, -0.25) is 0 Å². The first-order valence-electron chi connectivity index (χ1n) is 7.47. The van der Waals surface area contributed by atoms with Crippen LogP contribution < -0.4 is 16.0 Å². The predicted octanol–water partition coefficient (Wildman–Crippen LogP) is 0.879. The van der Waals surface area contributed by atoms with Gasteiger partial charge in [0.05, 0.1) is 0 Å². The van der Waals surface area contributed by atoms with E-state index in [-0.39, 0.29) is 0 Å². The number of fused-ring (bicyclic) bond motifs is 1. The first-order valence-corrected chi connectivity index (χ1v) is 7.47. The second-order valence-electron chi connectivity index (χ2n) is 6.04. The van der Waals surface area contributed by atoms with Crippen LogP contribution in [-0.2, 0) is 0 Å². The molecule has 3 rings (SSSR count). The van der Waals surface area contributed by atoms with E-state index in [2.05, 4.69) is 39.1 Å². The zero-order valence-electron chi connectivity index (χ0n) is 12.3. The molecule has 0 bridgehead atoms. The van der Waals surface area contributed by atoms with E-state index in [4.69, 9.17) is 5.73 Å². The van der Waals surface area contributed by atoms with Crippen LogP contribution in [0.4, 0.5) is 17.6 Å². The molecule has 2 atom stereocenters. The van der Waals surface area contributed by atoms with Crippen LogP contribution in [0.3, 0.4) is 0 Å². The fourth-order valence-electron chi connectivity index (χ4n) is 3.37. The summed E-state index contributed by atoms with van der Waals surface area (Å²) in [4.78, 5) is 13.4. The van der Waals surface area contributed by atoms with Gasteiger partial charge in [0.25, 0.3) is 0 Å². The van der Waals surface area contributed by atoms with Crippen LogP contribution >= 0.6 is 0 Å². The largest absolute Gasteiger partial charge is 0.370 e. The van der Waals surface area contributed by atoms with Crippen LogP contribution in [0.1, 0.15) is 13.3 Å². The molecular weight excluding hydrogens is 252 g/mol. The van der Waals surface area contributed by atoms with Crippen molar-refractivity contribution in [3.8, 4) is 0 Å². The molecule has 0 aliphatic carbocycles. The first kappa shape index (κ1) is 13.4. The number of nitrogen functional groups attached to an aromatic ring is 1. The average molecular weight is 276 g/mol. The molecule has 6 heteroatoms. The lowest BCUT2D eigenvalue weighted by Gasteiger charge is -2.21. The summed E-state index contributed by atoms with van der Waals surface area (Å²) in [5.74, 6) is 3.69. The Balaban J connectivity index is 1.73. The second kappa shape index (κ2) is 5.44. The third-order valence-corrected chi connectivity index (χ3v) is 4.28. The molecule has 1 aromatic heterocycles. The summed E-state index contributed by atoms with van der Waals surface area (Å²) in [5, 5.41) is 3.29. The van der Waals surface area contributed by atoms with E-state index >= 15 is 0 Å². The van der Waals surface area contributed by atoms with Crippen LogP contribution in [0.2, 0.25) is 0 Å².